The van der Waals surface area contributed by atoms with Crippen LogP contribution in [0.15, 0.2) is 18.5 Å². The normalized spacial score (nSPS) is 20.7. The Morgan fingerprint density at radius 1 is 1.47 bits per heavy atom. The summed E-state index contributed by atoms with van der Waals surface area (Å²) in [5.74, 6) is -1.12. The number of pyridine rings is 1. The summed E-state index contributed by atoms with van der Waals surface area (Å²) in [6.07, 6.45) is 3.56. The molecule has 1 atom stereocenters. The molecule has 1 aromatic rings. The summed E-state index contributed by atoms with van der Waals surface area (Å²) in [4.78, 5) is 26.3. The molecular formula is C12H14N2O3. The zero-order valence-corrected chi connectivity index (χ0v) is 9.73. The summed E-state index contributed by atoms with van der Waals surface area (Å²) in [6.45, 7) is 4.06. The van der Waals surface area contributed by atoms with E-state index in [1.165, 1.54) is 18.5 Å². The largest absolute Gasteiger partial charge is 0.478 e. The zero-order valence-electron chi connectivity index (χ0n) is 9.73. The average molecular weight is 234 g/mol. The lowest BCUT2D eigenvalue weighted by Gasteiger charge is -2.06. The van der Waals surface area contributed by atoms with Gasteiger partial charge in [-0.2, -0.15) is 0 Å². The Morgan fingerprint density at radius 3 is 2.65 bits per heavy atom. The molecule has 1 unspecified atom stereocenters. The van der Waals surface area contributed by atoms with E-state index in [9.17, 15) is 9.59 Å². The van der Waals surface area contributed by atoms with E-state index >= 15 is 0 Å². The molecule has 0 bridgehead atoms. The molecular weight excluding hydrogens is 220 g/mol. The number of nitrogens with zero attached hydrogens (tertiary/aromatic N) is 1. The van der Waals surface area contributed by atoms with E-state index in [1.54, 1.807) is 0 Å². The number of carboxylic acid groups (broad SMARTS) is 1. The van der Waals surface area contributed by atoms with Gasteiger partial charge in [-0.05, 0) is 17.9 Å². The molecule has 0 aliphatic heterocycles. The average Bonchev–Trinajstić information content (AvgIpc) is 2.88. The molecule has 1 aliphatic rings. The summed E-state index contributed by atoms with van der Waals surface area (Å²) in [6, 6.07) is 1.41. The summed E-state index contributed by atoms with van der Waals surface area (Å²) in [5, 5.41) is 11.5. The molecule has 1 aliphatic carbocycles. The molecule has 1 heterocycles. The first-order chi connectivity index (χ1) is 7.90. The van der Waals surface area contributed by atoms with E-state index in [-0.39, 0.29) is 22.8 Å². The van der Waals surface area contributed by atoms with E-state index in [0.29, 0.717) is 5.69 Å². The lowest BCUT2D eigenvalue weighted by atomic mass is 10.1. The Labute approximate surface area is 98.9 Å². The standard InChI is InChI=1S/C12H14N2O3/c1-12(2)4-9(12)10(15)14-8-3-7(11(16)17)5-13-6-8/h3,5-6,9H,4H2,1-2H3,(H,14,15)(H,16,17). The highest BCUT2D eigenvalue weighted by Crippen LogP contribution is 2.51. The van der Waals surface area contributed by atoms with Gasteiger partial charge in [0.05, 0.1) is 17.4 Å². The first kappa shape index (κ1) is 11.6. The van der Waals surface area contributed by atoms with E-state index in [0.717, 1.165) is 6.42 Å². The molecule has 0 saturated heterocycles. The SMILES string of the molecule is CC1(C)CC1C(=O)Nc1cncc(C(=O)O)c1. The maximum atomic E-state index is 11.8. The number of nitrogens with one attached hydrogen (secondary N) is 1. The van der Waals surface area contributed by atoms with E-state index in [2.05, 4.69) is 10.3 Å². The quantitative estimate of drug-likeness (QED) is 0.835. The van der Waals surface area contributed by atoms with Gasteiger partial charge in [0.2, 0.25) is 5.91 Å². The van der Waals surface area contributed by atoms with Gasteiger partial charge in [0, 0.05) is 12.1 Å². The summed E-state index contributed by atoms with van der Waals surface area (Å²) in [5.41, 5.74) is 0.553. The minimum Gasteiger partial charge on any atom is -0.478 e. The lowest BCUT2D eigenvalue weighted by Crippen LogP contribution is -2.17. The van der Waals surface area contributed by atoms with Crippen LogP contribution in [0.1, 0.15) is 30.6 Å². The third-order valence-electron chi connectivity index (χ3n) is 3.08. The number of aromatic nitrogens is 1. The van der Waals surface area contributed by atoms with Crippen LogP contribution in [0.3, 0.4) is 0 Å². The number of hydrogen-bond donors (Lipinski definition) is 2. The number of hydrogen-bond acceptors (Lipinski definition) is 3. The van der Waals surface area contributed by atoms with Crippen LogP contribution < -0.4 is 5.32 Å². The molecule has 5 nitrogen and oxygen atoms in total. The molecule has 5 heteroatoms. The topological polar surface area (TPSA) is 79.3 Å². The van der Waals surface area contributed by atoms with Gasteiger partial charge >= 0.3 is 5.97 Å². The van der Waals surface area contributed by atoms with Gasteiger partial charge in [0.15, 0.2) is 0 Å². The van der Waals surface area contributed by atoms with E-state index in [1.807, 2.05) is 13.8 Å². The van der Waals surface area contributed by atoms with Crippen molar-refractivity contribution in [2.24, 2.45) is 11.3 Å². The van der Waals surface area contributed by atoms with Crippen LogP contribution in [-0.2, 0) is 4.79 Å². The summed E-state index contributed by atoms with van der Waals surface area (Å²) in [7, 11) is 0. The van der Waals surface area contributed by atoms with Crippen LogP contribution in [0.2, 0.25) is 0 Å². The molecule has 1 aromatic heterocycles. The third-order valence-corrected chi connectivity index (χ3v) is 3.08. The van der Waals surface area contributed by atoms with Crippen LogP contribution in [-0.4, -0.2) is 22.0 Å². The predicted molar refractivity (Wildman–Crippen MR) is 61.7 cm³/mol. The van der Waals surface area contributed by atoms with Gasteiger partial charge in [-0.25, -0.2) is 4.79 Å². The molecule has 0 radical (unpaired) electrons. The highest BCUT2D eigenvalue weighted by Gasteiger charge is 2.50. The van der Waals surface area contributed by atoms with Crippen molar-refractivity contribution >= 4 is 17.6 Å². The van der Waals surface area contributed by atoms with Crippen molar-refractivity contribution in [2.75, 3.05) is 5.32 Å². The van der Waals surface area contributed by atoms with Crippen LogP contribution in [0.5, 0.6) is 0 Å². The van der Waals surface area contributed by atoms with Gasteiger partial charge in [0.25, 0.3) is 0 Å². The molecule has 0 spiro atoms. The van der Waals surface area contributed by atoms with Crippen molar-refractivity contribution in [3.8, 4) is 0 Å². The Morgan fingerprint density at radius 2 is 2.12 bits per heavy atom. The lowest BCUT2D eigenvalue weighted by molar-refractivity contribution is -0.118. The number of carboxylic acids is 1. The maximum Gasteiger partial charge on any atom is 0.337 e. The molecule has 1 fully saturated rings. The first-order valence-electron chi connectivity index (χ1n) is 5.39. The molecule has 0 aromatic carbocycles. The Bertz CT molecular complexity index is 482. The number of anilines is 1. The number of carbonyl (C=O) groups excluding carboxylic acids is 1. The number of carbonyl (C=O) groups is 2. The Balaban J connectivity index is 2.07. The van der Waals surface area contributed by atoms with Crippen LogP contribution in [0.4, 0.5) is 5.69 Å². The molecule has 1 saturated carbocycles. The monoisotopic (exact) mass is 234 g/mol. The fourth-order valence-corrected chi connectivity index (χ4v) is 1.77. The second-order valence-electron chi connectivity index (χ2n) is 5.00. The van der Waals surface area contributed by atoms with Crippen molar-refractivity contribution in [1.29, 1.82) is 0 Å². The van der Waals surface area contributed by atoms with Gasteiger partial charge in [-0.1, -0.05) is 13.8 Å². The minimum absolute atomic E-state index is 0.0102. The van der Waals surface area contributed by atoms with Gasteiger partial charge in [-0.15, -0.1) is 0 Å². The van der Waals surface area contributed by atoms with Crippen molar-refractivity contribution < 1.29 is 14.7 Å². The maximum absolute atomic E-state index is 11.8. The Hall–Kier alpha value is -1.91. The summed E-state index contributed by atoms with van der Waals surface area (Å²) < 4.78 is 0. The fourth-order valence-electron chi connectivity index (χ4n) is 1.77. The molecule has 17 heavy (non-hydrogen) atoms. The Kier molecular flexibility index (Phi) is 2.61. The van der Waals surface area contributed by atoms with Crippen LogP contribution in [0, 0.1) is 11.3 Å². The van der Waals surface area contributed by atoms with Gasteiger partial charge in [-0.3, -0.25) is 9.78 Å². The second kappa shape index (κ2) is 3.84. The van der Waals surface area contributed by atoms with E-state index in [4.69, 9.17) is 5.11 Å². The summed E-state index contributed by atoms with van der Waals surface area (Å²) >= 11 is 0. The number of rotatable bonds is 3. The van der Waals surface area contributed by atoms with Crippen molar-refractivity contribution in [1.82, 2.24) is 4.98 Å². The van der Waals surface area contributed by atoms with E-state index < -0.39 is 5.97 Å². The molecule has 2 N–H and O–H groups in total. The highest BCUT2D eigenvalue weighted by atomic mass is 16.4. The molecule has 1 amide bonds. The predicted octanol–water partition coefficient (Wildman–Crippen LogP) is 1.76. The molecule has 2 rings (SSSR count). The molecule has 90 valence electrons. The number of amides is 1. The van der Waals surface area contributed by atoms with Crippen molar-refractivity contribution in [3.05, 3.63) is 24.0 Å². The second-order valence-corrected chi connectivity index (χ2v) is 5.00. The van der Waals surface area contributed by atoms with Crippen molar-refractivity contribution in [2.45, 2.75) is 20.3 Å². The van der Waals surface area contributed by atoms with Crippen LogP contribution >= 0.6 is 0 Å². The van der Waals surface area contributed by atoms with Crippen LogP contribution in [0.25, 0.3) is 0 Å². The zero-order chi connectivity index (χ0) is 12.6. The van der Waals surface area contributed by atoms with Gasteiger partial charge < -0.3 is 10.4 Å². The third kappa shape index (κ3) is 2.43. The van der Waals surface area contributed by atoms with Crippen molar-refractivity contribution in [3.63, 3.8) is 0 Å². The minimum atomic E-state index is -1.06. The highest BCUT2D eigenvalue weighted by molar-refractivity contribution is 5.96. The first-order valence-corrected chi connectivity index (χ1v) is 5.39. The fraction of sp³-hybridized carbons (Fsp3) is 0.417. The smallest absolute Gasteiger partial charge is 0.337 e. The van der Waals surface area contributed by atoms with Gasteiger partial charge in [0.1, 0.15) is 0 Å². The number of aromatic carboxylic acids is 1.